The lowest BCUT2D eigenvalue weighted by molar-refractivity contribution is -0.137. The molecule has 0 aliphatic carbocycles. The molecule has 1 heterocycles. The average Bonchev–Trinajstić information content (AvgIpc) is 2.89. The van der Waals surface area contributed by atoms with Gasteiger partial charge in [0, 0.05) is 11.2 Å². The van der Waals surface area contributed by atoms with E-state index in [-0.39, 0.29) is 0 Å². The van der Waals surface area contributed by atoms with Crippen molar-refractivity contribution in [2.24, 2.45) is 5.73 Å². The molecule has 0 amide bonds. The monoisotopic (exact) mass is 290 g/mol. The van der Waals surface area contributed by atoms with E-state index in [9.17, 15) is 13.2 Å². The number of hydrogen-bond acceptors (Lipinski definition) is 1. The molecular weight excluding hydrogens is 277 g/mol. The van der Waals surface area contributed by atoms with Crippen LogP contribution in [0.2, 0.25) is 0 Å². The summed E-state index contributed by atoms with van der Waals surface area (Å²) >= 11 is 0. The van der Waals surface area contributed by atoms with E-state index >= 15 is 0 Å². The van der Waals surface area contributed by atoms with Crippen molar-refractivity contribution in [2.75, 3.05) is 0 Å². The number of para-hydroxylation sites is 1. The van der Waals surface area contributed by atoms with Gasteiger partial charge >= 0.3 is 6.18 Å². The Bertz CT molecular complexity index is 741. The van der Waals surface area contributed by atoms with Gasteiger partial charge in [-0.15, -0.1) is 0 Å². The Balaban J connectivity index is 1.99. The van der Waals surface area contributed by atoms with Gasteiger partial charge in [-0.1, -0.05) is 30.3 Å². The van der Waals surface area contributed by atoms with Crippen molar-refractivity contribution in [2.45, 2.75) is 12.2 Å². The van der Waals surface area contributed by atoms with Gasteiger partial charge in [0.25, 0.3) is 0 Å². The molecule has 0 bridgehead atoms. The molecule has 1 atom stereocenters. The van der Waals surface area contributed by atoms with E-state index in [0.29, 0.717) is 11.3 Å². The number of H-pyrrole nitrogens is 1. The molecule has 2 nitrogen and oxygen atoms in total. The van der Waals surface area contributed by atoms with Crippen LogP contribution < -0.4 is 5.73 Å². The molecule has 0 aliphatic heterocycles. The summed E-state index contributed by atoms with van der Waals surface area (Å²) in [6.07, 6.45) is -4.36. The summed E-state index contributed by atoms with van der Waals surface area (Å²) < 4.78 is 38.3. The van der Waals surface area contributed by atoms with Crippen LogP contribution in [0.3, 0.4) is 0 Å². The molecule has 1 aromatic heterocycles. The molecule has 2 aromatic carbocycles. The van der Waals surface area contributed by atoms with Crippen LogP contribution in [0.4, 0.5) is 13.2 Å². The Morgan fingerprint density at radius 2 is 1.71 bits per heavy atom. The molecule has 108 valence electrons. The van der Waals surface area contributed by atoms with Gasteiger partial charge in [0.1, 0.15) is 0 Å². The van der Waals surface area contributed by atoms with Crippen LogP contribution in [0, 0.1) is 0 Å². The van der Waals surface area contributed by atoms with Crippen molar-refractivity contribution in [1.82, 2.24) is 4.98 Å². The van der Waals surface area contributed by atoms with Crippen LogP contribution in [0.1, 0.15) is 22.9 Å². The summed E-state index contributed by atoms with van der Waals surface area (Å²) in [5.74, 6) is 0. The summed E-state index contributed by atoms with van der Waals surface area (Å²) in [5.41, 5.74) is 7.43. The lowest BCUT2D eigenvalue weighted by Crippen LogP contribution is -2.14. The summed E-state index contributed by atoms with van der Waals surface area (Å²) in [6.45, 7) is 0. The zero-order valence-electron chi connectivity index (χ0n) is 11.0. The highest BCUT2D eigenvalue weighted by molar-refractivity contribution is 5.80. The largest absolute Gasteiger partial charge is 0.416 e. The minimum absolute atomic E-state index is 0.427. The average molecular weight is 290 g/mol. The number of aromatic nitrogens is 1. The smallest absolute Gasteiger partial charge is 0.357 e. The first-order valence-electron chi connectivity index (χ1n) is 6.45. The number of benzene rings is 2. The zero-order valence-corrected chi connectivity index (χ0v) is 11.0. The van der Waals surface area contributed by atoms with Crippen molar-refractivity contribution in [3.63, 3.8) is 0 Å². The highest BCUT2D eigenvalue weighted by atomic mass is 19.4. The molecule has 5 heteroatoms. The zero-order chi connectivity index (χ0) is 15.0. The quantitative estimate of drug-likeness (QED) is 0.728. The summed E-state index contributed by atoms with van der Waals surface area (Å²) in [5, 5.41) is 0.981. The fraction of sp³-hybridized carbons (Fsp3) is 0.125. The van der Waals surface area contributed by atoms with Crippen LogP contribution in [0.15, 0.2) is 54.6 Å². The second-order valence-corrected chi connectivity index (χ2v) is 4.91. The van der Waals surface area contributed by atoms with Crippen LogP contribution >= 0.6 is 0 Å². The molecule has 3 rings (SSSR count). The molecule has 1 unspecified atom stereocenters. The molecule has 21 heavy (non-hydrogen) atoms. The molecule has 0 spiro atoms. The van der Waals surface area contributed by atoms with Gasteiger partial charge in [-0.25, -0.2) is 0 Å². The molecule has 0 radical (unpaired) electrons. The Labute approximate surface area is 119 Å². The highest BCUT2D eigenvalue weighted by Crippen LogP contribution is 2.31. The third kappa shape index (κ3) is 2.64. The molecule has 0 saturated carbocycles. The molecule has 3 N–H and O–H groups in total. The highest BCUT2D eigenvalue weighted by Gasteiger charge is 2.30. The molecule has 0 fully saturated rings. The lowest BCUT2D eigenvalue weighted by Gasteiger charge is -2.13. The SMILES string of the molecule is NC(c1cccc(C(F)(F)F)c1)c1cc2ccccc2[nH]1. The number of aromatic amines is 1. The standard InChI is InChI=1S/C16H13F3N2/c17-16(18,19)12-6-3-5-11(8-12)15(20)14-9-10-4-1-2-7-13(10)21-14/h1-9,15,21H,20H2. The van der Waals surface area contributed by atoms with Crippen molar-refractivity contribution in [1.29, 1.82) is 0 Å². The lowest BCUT2D eigenvalue weighted by atomic mass is 10.0. The summed E-state index contributed by atoms with van der Waals surface area (Å²) in [7, 11) is 0. The van der Waals surface area contributed by atoms with Crippen molar-refractivity contribution in [3.05, 3.63) is 71.4 Å². The number of hydrogen-bond donors (Lipinski definition) is 2. The van der Waals surface area contributed by atoms with Gasteiger partial charge in [0.15, 0.2) is 0 Å². The number of nitrogens with two attached hydrogens (primary N) is 1. The predicted octanol–water partition coefficient (Wildman–Crippen LogP) is 4.23. The first kappa shape index (κ1) is 13.7. The maximum Gasteiger partial charge on any atom is 0.416 e. The van der Waals surface area contributed by atoms with Crippen LogP contribution in [0.5, 0.6) is 0 Å². The van der Waals surface area contributed by atoms with E-state index in [2.05, 4.69) is 4.98 Å². The predicted molar refractivity (Wildman–Crippen MR) is 75.8 cm³/mol. The Morgan fingerprint density at radius 3 is 2.43 bits per heavy atom. The van der Waals surface area contributed by atoms with Gasteiger partial charge in [-0.05, 0) is 35.2 Å². The van der Waals surface area contributed by atoms with Gasteiger partial charge in [0.05, 0.1) is 11.6 Å². The maximum atomic E-state index is 12.8. The normalized spacial score (nSPS) is 13.5. The van der Waals surface area contributed by atoms with Gasteiger partial charge in [-0.2, -0.15) is 13.2 Å². The van der Waals surface area contributed by atoms with Crippen LogP contribution in [0.25, 0.3) is 10.9 Å². The van der Waals surface area contributed by atoms with E-state index < -0.39 is 17.8 Å². The fourth-order valence-electron chi connectivity index (χ4n) is 2.35. The molecular formula is C16H13F3N2. The summed E-state index contributed by atoms with van der Waals surface area (Å²) in [6, 6.07) is 14.0. The Hall–Kier alpha value is -2.27. The van der Waals surface area contributed by atoms with Crippen LogP contribution in [-0.4, -0.2) is 4.98 Å². The number of halogens is 3. The first-order valence-corrected chi connectivity index (χ1v) is 6.45. The maximum absolute atomic E-state index is 12.8. The first-order chi connectivity index (χ1) is 9.95. The number of nitrogens with one attached hydrogen (secondary N) is 1. The van der Waals surface area contributed by atoms with Crippen molar-refractivity contribution in [3.8, 4) is 0 Å². The molecule has 0 aliphatic rings. The fourth-order valence-corrected chi connectivity index (χ4v) is 2.35. The third-order valence-electron chi connectivity index (χ3n) is 3.46. The Morgan fingerprint density at radius 1 is 0.952 bits per heavy atom. The van der Waals surface area contributed by atoms with E-state index in [4.69, 9.17) is 5.73 Å². The van der Waals surface area contributed by atoms with E-state index in [0.717, 1.165) is 23.0 Å². The van der Waals surface area contributed by atoms with E-state index in [1.165, 1.54) is 6.07 Å². The van der Waals surface area contributed by atoms with Crippen molar-refractivity contribution >= 4 is 10.9 Å². The van der Waals surface area contributed by atoms with Crippen molar-refractivity contribution < 1.29 is 13.2 Å². The topological polar surface area (TPSA) is 41.8 Å². The minimum Gasteiger partial charge on any atom is -0.357 e. The van der Waals surface area contributed by atoms with E-state index in [1.54, 1.807) is 6.07 Å². The molecule has 0 saturated heterocycles. The molecule has 3 aromatic rings. The summed E-state index contributed by atoms with van der Waals surface area (Å²) in [4.78, 5) is 3.15. The second kappa shape index (κ2) is 4.93. The van der Waals surface area contributed by atoms with Gasteiger partial charge in [-0.3, -0.25) is 0 Å². The van der Waals surface area contributed by atoms with Crippen LogP contribution in [-0.2, 0) is 6.18 Å². The van der Waals surface area contributed by atoms with E-state index in [1.807, 2.05) is 30.3 Å². The number of alkyl halides is 3. The Kier molecular flexibility index (Phi) is 3.22. The third-order valence-corrected chi connectivity index (χ3v) is 3.46. The van der Waals surface area contributed by atoms with Gasteiger partial charge < -0.3 is 10.7 Å². The number of fused-ring (bicyclic) bond motifs is 1. The van der Waals surface area contributed by atoms with Gasteiger partial charge in [0.2, 0.25) is 0 Å². The second-order valence-electron chi connectivity index (χ2n) is 4.91. The number of rotatable bonds is 2. The minimum atomic E-state index is -4.36.